The number of ether oxygens (including phenoxy) is 1. The van der Waals surface area contributed by atoms with Gasteiger partial charge in [0.25, 0.3) is 11.8 Å². The van der Waals surface area contributed by atoms with Crippen LogP contribution in [0.25, 0.3) is 0 Å². The average molecular weight is 367 g/mol. The smallest absolute Gasteiger partial charge is 0.342 e. The van der Waals surface area contributed by atoms with Crippen molar-refractivity contribution in [1.82, 2.24) is 4.90 Å². The van der Waals surface area contributed by atoms with Crippen LogP contribution in [0.15, 0.2) is 54.8 Å². The van der Waals surface area contributed by atoms with Crippen LogP contribution in [0.3, 0.4) is 0 Å². The summed E-state index contributed by atoms with van der Waals surface area (Å²) < 4.78 is 5.16. The van der Waals surface area contributed by atoms with Crippen LogP contribution >= 0.6 is 0 Å². The first-order chi connectivity index (χ1) is 12.8. The molecule has 1 aromatic carbocycles. The molecule has 1 aliphatic heterocycles. The minimum atomic E-state index is -0.562. The zero-order valence-electron chi connectivity index (χ0n) is 16.0. The van der Waals surface area contributed by atoms with Crippen LogP contribution in [0, 0.1) is 5.92 Å². The van der Waals surface area contributed by atoms with Crippen LogP contribution in [0.1, 0.15) is 64.7 Å². The van der Waals surface area contributed by atoms with E-state index < -0.39 is 11.9 Å². The Morgan fingerprint density at radius 3 is 2.59 bits per heavy atom. The largest absolute Gasteiger partial charge is 0.431 e. The van der Waals surface area contributed by atoms with E-state index in [1.165, 1.54) is 36.1 Å². The van der Waals surface area contributed by atoms with Crippen molar-refractivity contribution in [1.29, 1.82) is 0 Å². The number of esters is 1. The lowest BCUT2D eigenvalue weighted by Gasteiger charge is -2.09. The van der Waals surface area contributed by atoms with E-state index in [9.17, 15) is 14.4 Å². The predicted molar refractivity (Wildman–Crippen MR) is 104 cm³/mol. The molecule has 0 N–H and O–H groups in total. The van der Waals surface area contributed by atoms with E-state index in [1.54, 1.807) is 0 Å². The van der Waals surface area contributed by atoms with Gasteiger partial charge in [-0.3, -0.25) is 14.5 Å². The van der Waals surface area contributed by atoms with Gasteiger partial charge in [0.05, 0.1) is 23.0 Å². The van der Waals surface area contributed by atoms with Gasteiger partial charge in [-0.1, -0.05) is 24.6 Å². The maximum atomic E-state index is 12.3. The second-order valence-corrected chi connectivity index (χ2v) is 6.84. The van der Waals surface area contributed by atoms with Gasteiger partial charge in [0, 0.05) is 6.54 Å². The van der Waals surface area contributed by atoms with Crippen molar-refractivity contribution in [2.24, 2.45) is 5.92 Å². The fraction of sp³-hybridized carbons (Fsp3) is 0.318. The van der Waals surface area contributed by atoms with E-state index >= 15 is 0 Å². The van der Waals surface area contributed by atoms with Gasteiger partial charge in [0.1, 0.15) is 0 Å². The lowest BCUT2D eigenvalue weighted by molar-refractivity contribution is 0.0656. The summed E-state index contributed by atoms with van der Waals surface area (Å²) >= 11 is 0. The summed E-state index contributed by atoms with van der Waals surface area (Å²) in [4.78, 5) is 37.8. The van der Waals surface area contributed by atoms with Crippen molar-refractivity contribution in [3.8, 4) is 0 Å². The van der Waals surface area contributed by atoms with Crippen LogP contribution in [0.5, 0.6) is 0 Å². The molecule has 27 heavy (non-hydrogen) atoms. The van der Waals surface area contributed by atoms with Crippen molar-refractivity contribution in [3.05, 3.63) is 71.5 Å². The highest BCUT2D eigenvalue weighted by Gasteiger charge is 2.35. The van der Waals surface area contributed by atoms with Crippen molar-refractivity contribution in [2.45, 2.75) is 33.6 Å². The summed E-state index contributed by atoms with van der Waals surface area (Å²) in [5.41, 5.74) is 2.03. The maximum Gasteiger partial charge on any atom is 0.342 e. The summed E-state index contributed by atoms with van der Waals surface area (Å²) in [7, 11) is 0. The number of amides is 2. The highest BCUT2D eigenvalue weighted by Crippen LogP contribution is 2.24. The zero-order valence-corrected chi connectivity index (χ0v) is 16.0. The molecule has 5 heteroatoms. The Labute approximate surface area is 160 Å². The average Bonchev–Trinajstić information content (AvgIpc) is 2.86. The number of rotatable bonds is 8. The fourth-order valence-corrected chi connectivity index (χ4v) is 2.75. The lowest BCUT2D eigenvalue weighted by Crippen LogP contribution is -2.29. The predicted octanol–water partition coefficient (Wildman–Crippen LogP) is 4.52. The number of fused-ring (bicyclic) bond motifs is 1. The van der Waals surface area contributed by atoms with Gasteiger partial charge in [-0.05, 0) is 56.9 Å². The molecular formula is C22H25NO4. The molecule has 0 bridgehead atoms. The van der Waals surface area contributed by atoms with Crippen LogP contribution in [-0.4, -0.2) is 29.2 Å². The first kappa shape index (κ1) is 20.4. The molecule has 2 rings (SSSR count). The molecule has 1 atom stereocenters. The van der Waals surface area contributed by atoms with Gasteiger partial charge in [0.2, 0.25) is 0 Å². The number of carbonyl (C=O) groups is 3. The van der Waals surface area contributed by atoms with Gasteiger partial charge < -0.3 is 4.74 Å². The number of hydrogen-bond acceptors (Lipinski definition) is 4. The van der Waals surface area contributed by atoms with E-state index in [0.717, 1.165) is 17.7 Å². The fourth-order valence-electron chi connectivity index (χ4n) is 2.75. The molecule has 2 amide bonds. The third-order valence-electron chi connectivity index (χ3n) is 4.27. The molecule has 1 unspecified atom stereocenters. The minimum absolute atomic E-state index is 0.138. The first-order valence-corrected chi connectivity index (χ1v) is 8.97. The molecule has 1 aliphatic rings. The van der Waals surface area contributed by atoms with Gasteiger partial charge in [0.15, 0.2) is 0 Å². The summed E-state index contributed by atoms with van der Waals surface area (Å²) in [6.45, 7) is 9.86. The minimum Gasteiger partial charge on any atom is -0.431 e. The van der Waals surface area contributed by atoms with Crippen molar-refractivity contribution >= 4 is 17.8 Å². The second kappa shape index (κ2) is 9.12. The van der Waals surface area contributed by atoms with Crippen molar-refractivity contribution in [3.63, 3.8) is 0 Å². The third-order valence-corrected chi connectivity index (χ3v) is 4.27. The van der Waals surface area contributed by atoms with E-state index in [4.69, 9.17) is 4.74 Å². The van der Waals surface area contributed by atoms with Gasteiger partial charge in [-0.25, -0.2) is 4.79 Å². The van der Waals surface area contributed by atoms with Gasteiger partial charge >= 0.3 is 5.97 Å². The Kier molecular flexibility index (Phi) is 6.88. The molecule has 1 aromatic rings. The van der Waals surface area contributed by atoms with Gasteiger partial charge in [-0.2, -0.15) is 0 Å². The number of nitrogens with zero attached hydrogens (tertiary/aromatic N) is 1. The third kappa shape index (κ3) is 5.03. The molecule has 0 spiro atoms. The molecule has 5 nitrogen and oxygen atoms in total. The van der Waals surface area contributed by atoms with Crippen LogP contribution in [0.4, 0.5) is 0 Å². The van der Waals surface area contributed by atoms with Gasteiger partial charge in [-0.15, -0.1) is 6.58 Å². The molecule has 0 fully saturated rings. The first-order valence-electron chi connectivity index (χ1n) is 8.97. The van der Waals surface area contributed by atoms with Crippen LogP contribution < -0.4 is 0 Å². The number of hydrogen-bond donors (Lipinski definition) is 0. The Morgan fingerprint density at radius 2 is 1.93 bits per heavy atom. The lowest BCUT2D eigenvalue weighted by atomic mass is 10.0. The second-order valence-electron chi connectivity index (χ2n) is 6.84. The topological polar surface area (TPSA) is 63.7 Å². The molecule has 0 saturated heterocycles. The highest BCUT2D eigenvalue weighted by atomic mass is 16.5. The van der Waals surface area contributed by atoms with Crippen molar-refractivity contribution in [2.75, 3.05) is 6.54 Å². The summed E-state index contributed by atoms with van der Waals surface area (Å²) in [6.07, 6.45) is 8.83. The molecule has 0 aliphatic carbocycles. The van der Waals surface area contributed by atoms with E-state index in [-0.39, 0.29) is 29.5 Å². The Morgan fingerprint density at radius 1 is 1.22 bits per heavy atom. The standard InChI is InChI=1S/C22H25NO4/c1-5-12-23-20(24)18-10-9-17(14-19(18)21(23)25)22(26)27-13-11-16(4)8-6-7-15(2)3/h5,7,9-11,13-14,16H,1,6,8,12H2,2-4H3/b13-11+. The quantitative estimate of drug-likeness (QED) is 0.293. The highest BCUT2D eigenvalue weighted by molar-refractivity contribution is 6.22. The number of benzene rings is 1. The van der Waals surface area contributed by atoms with E-state index in [2.05, 4.69) is 33.4 Å². The van der Waals surface area contributed by atoms with E-state index in [0.29, 0.717) is 5.56 Å². The Balaban J connectivity index is 2.00. The Bertz CT molecular complexity index is 816. The molecular weight excluding hydrogens is 342 g/mol. The summed E-state index contributed by atoms with van der Waals surface area (Å²) in [6, 6.07) is 4.39. The summed E-state index contributed by atoms with van der Waals surface area (Å²) in [5, 5.41) is 0. The number of imide groups is 1. The van der Waals surface area contributed by atoms with E-state index in [1.807, 2.05) is 6.08 Å². The monoisotopic (exact) mass is 367 g/mol. The SMILES string of the molecule is C=CCN1C(=O)c2ccc(C(=O)O/C=C/C(C)CCC=C(C)C)cc2C1=O. The van der Waals surface area contributed by atoms with Crippen LogP contribution in [0.2, 0.25) is 0 Å². The number of allylic oxidation sites excluding steroid dienone is 3. The molecule has 0 saturated carbocycles. The van der Waals surface area contributed by atoms with Crippen LogP contribution in [-0.2, 0) is 4.74 Å². The normalized spacial score (nSPS) is 14.3. The molecule has 142 valence electrons. The maximum absolute atomic E-state index is 12.3. The molecule has 0 radical (unpaired) electrons. The molecule has 0 aromatic heterocycles. The van der Waals surface area contributed by atoms with Crippen molar-refractivity contribution < 1.29 is 19.1 Å². The number of carbonyl (C=O) groups excluding carboxylic acids is 3. The summed E-state index contributed by atoms with van der Waals surface area (Å²) in [5.74, 6) is -1.08. The Hall–Kier alpha value is -2.95. The zero-order chi connectivity index (χ0) is 20.0. The molecule has 1 heterocycles.